The molecule has 3 N–H and O–H groups in total. The number of carbonyl (C=O) groups is 2. The predicted octanol–water partition coefficient (Wildman–Crippen LogP) is 19.4. The first kappa shape index (κ1) is 67.8. The summed E-state index contributed by atoms with van der Waals surface area (Å²) in [5.41, 5.74) is 0. The maximum absolute atomic E-state index is 12.5. The molecule has 0 aliphatic carbocycles. The summed E-state index contributed by atoms with van der Waals surface area (Å²) in [6.07, 6.45) is 75.8. The number of aliphatic hydroxyl groups is 2. The van der Waals surface area contributed by atoms with Crippen molar-refractivity contribution in [3.8, 4) is 0 Å². The minimum Gasteiger partial charge on any atom is -0.466 e. The first-order valence-corrected chi connectivity index (χ1v) is 30.9. The number of hydrogen-bond donors (Lipinski definition) is 3. The summed E-state index contributed by atoms with van der Waals surface area (Å²) in [7, 11) is 0. The minimum atomic E-state index is -0.849. The molecule has 0 aliphatic heterocycles. The summed E-state index contributed by atoms with van der Waals surface area (Å²) in [6, 6.07) is -0.633. The van der Waals surface area contributed by atoms with E-state index in [-0.39, 0.29) is 18.5 Å². The molecule has 1 amide bonds. The first-order valence-electron chi connectivity index (χ1n) is 30.9. The highest BCUT2D eigenvalue weighted by atomic mass is 16.5. The normalized spacial score (nSPS) is 12.9. The molecule has 0 rings (SSSR count). The molecule has 0 saturated carbocycles. The van der Waals surface area contributed by atoms with Gasteiger partial charge in [-0.3, -0.25) is 9.59 Å². The van der Waals surface area contributed by atoms with E-state index in [9.17, 15) is 19.8 Å². The van der Waals surface area contributed by atoms with Crippen molar-refractivity contribution < 1.29 is 24.5 Å². The fraction of sp³-hybridized carbons (Fsp3) is 0.844. The summed E-state index contributed by atoms with van der Waals surface area (Å²) in [5, 5.41) is 23.1. The molecular formula is C64H119NO5. The second kappa shape index (κ2) is 59.4. The number of rotatable bonds is 57. The molecule has 6 heteroatoms. The molecule has 0 saturated heterocycles. The quantitative estimate of drug-likeness (QED) is 0.0321. The molecule has 0 aromatic rings. The van der Waals surface area contributed by atoms with Crippen LogP contribution in [0.25, 0.3) is 0 Å². The number of nitrogens with one attached hydrogen (secondary N) is 1. The van der Waals surface area contributed by atoms with Gasteiger partial charge in [-0.2, -0.15) is 0 Å². The third-order valence-corrected chi connectivity index (χ3v) is 14.1. The summed E-state index contributed by atoms with van der Waals surface area (Å²) in [4.78, 5) is 24.5. The lowest BCUT2D eigenvalue weighted by Gasteiger charge is -2.20. The average Bonchev–Trinajstić information content (AvgIpc) is 3.36. The number of aliphatic hydroxyl groups excluding tert-OH is 2. The summed E-state index contributed by atoms with van der Waals surface area (Å²) < 4.78 is 5.47. The third-order valence-electron chi connectivity index (χ3n) is 14.1. The number of carbonyl (C=O) groups excluding carboxylic acids is 2. The average molecular weight is 983 g/mol. The SMILES string of the molecule is CCCCCCC/C=C\CCCCCCCC(=O)OCCCCCCCCCCC/C=C\C/C=C\CCCCCCCCCCCC(=O)NC(CO)C(O)/C=C/CCCCCCCCCCCCCC. The van der Waals surface area contributed by atoms with Gasteiger partial charge in [0.15, 0.2) is 0 Å². The fourth-order valence-corrected chi connectivity index (χ4v) is 9.31. The Kier molecular flexibility index (Phi) is 57.5. The monoisotopic (exact) mass is 982 g/mol. The maximum Gasteiger partial charge on any atom is 0.305 e. The van der Waals surface area contributed by atoms with Gasteiger partial charge in [0.1, 0.15) is 0 Å². The van der Waals surface area contributed by atoms with Gasteiger partial charge in [0, 0.05) is 12.8 Å². The smallest absolute Gasteiger partial charge is 0.305 e. The molecule has 0 spiro atoms. The van der Waals surface area contributed by atoms with E-state index >= 15 is 0 Å². The highest BCUT2D eigenvalue weighted by Crippen LogP contribution is 2.16. The molecule has 0 fully saturated rings. The van der Waals surface area contributed by atoms with Gasteiger partial charge < -0.3 is 20.3 Å². The number of unbranched alkanes of at least 4 members (excludes halogenated alkanes) is 40. The first-order chi connectivity index (χ1) is 34.5. The van der Waals surface area contributed by atoms with Crippen molar-refractivity contribution in [1.29, 1.82) is 0 Å². The van der Waals surface area contributed by atoms with E-state index in [2.05, 4.69) is 55.6 Å². The number of hydrogen-bond acceptors (Lipinski definition) is 5. The zero-order valence-electron chi connectivity index (χ0n) is 46.7. The fourth-order valence-electron chi connectivity index (χ4n) is 9.31. The van der Waals surface area contributed by atoms with Gasteiger partial charge in [-0.1, -0.05) is 268 Å². The van der Waals surface area contributed by atoms with Crippen molar-refractivity contribution in [2.24, 2.45) is 0 Å². The van der Waals surface area contributed by atoms with E-state index in [0.29, 0.717) is 19.4 Å². The molecule has 0 aliphatic rings. The highest BCUT2D eigenvalue weighted by Gasteiger charge is 2.18. The van der Waals surface area contributed by atoms with Crippen molar-refractivity contribution in [3.63, 3.8) is 0 Å². The van der Waals surface area contributed by atoms with Crippen molar-refractivity contribution in [1.82, 2.24) is 5.32 Å². The van der Waals surface area contributed by atoms with Gasteiger partial charge in [-0.25, -0.2) is 0 Å². The van der Waals surface area contributed by atoms with Gasteiger partial charge in [0.25, 0.3) is 0 Å². The summed E-state index contributed by atoms with van der Waals surface area (Å²) >= 11 is 0. The maximum atomic E-state index is 12.5. The predicted molar refractivity (Wildman–Crippen MR) is 306 cm³/mol. The molecular weight excluding hydrogens is 863 g/mol. The lowest BCUT2D eigenvalue weighted by atomic mass is 10.0. The number of allylic oxidation sites excluding steroid dienone is 7. The molecule has 0 heterocycles. The van der Waals surface area contributed by atoms with Gasteiger partial charge in [-0.05, 0) is 89.9 Å². The molecule has 2 unspecified atom stereocenters. The van der Waals surface area contributed by atoms with Crippen LogP contribution in [0.4, 0.5) is 0 Å². The molecule has 0 bridgehead atoms. The Morgan fingerprint density at radius 2 is 0.714 bits per heavy atom. The molecule has 2 atom stereocenters. The largest absolute Gasteiger partial charge is 0.466 e. The highest BCUT2D eigenvalue weighted by molar-refractivity contribution is 5.76. The number of ether oxygens (including phenoxy) is 1. The van der Waals surface area contributed by atoms with Crippen molar-refractivity contribution >= 4 is 11.9 Å². The minimum absolute atomic E-state index is 0.000379. The molecule has 0 aromatic heterocycles. The molecule has 0 radical (unpaired) electrons. The van der Waals surface area contributed by atoms with Crippen LogP contribution in [0.15, 0.2) is 48.6 Å². The third kappa shape index (κ3) is 55.1. The van der Waals surface area contributed by atoms with E-state index in [4.69, 9.17) is 4.74 Å². The Morgan fingerprint density at radius 1 is 0.400 bits per heavy atom. The zero-order valence-corrected chi connectivity index (χ0v) is 46.7. The standard InChI is InChI=1S/C64H119NO5/c1-3-5-7-9-11-13-15-17-32-36-40-44-48-52-56-62(67)61(60-66)65-63(68)57-53-49-45-41-37-33-30-28-26-24-22-20-19-21-23-25-27-29-31-35-39-43-47-51-55-59-70-64(69)58-54-50-46-42-38-34-18-16-14-12-10-8-6-4-2/h16,18,20-23,52,56,61-62,66-67H,3-15,17,19,24-51,53-55,57-60H2,1-2H3,(H,65,68)/b18-16-,22-20-,23-21-,56-52+. The lowest BCUT2D eigenvalue weighted by Crippen LogP contribution is -2.45. The van der Waals surface area contributed by atoms with Gasteiger partial charge in [0.05, 0.1) is 25.4 Å². The Hall–Kier alpha value is -2.18. The van der Waals surface area contributed by atoms with Crippen molar-refractivity contribution in [3.05, 3.63) is 48.6 Å². The molecule has 6 nitrogen and oxygen atoms in total. The second-order valence-electron chi connectivity index (χ2n) is 21.0. The van der Waals surface area contributed by atoms with E-state index in [0.717, 1.165) is 51.4 Å². The van der Waals surface area contributed by atoms with E-state index in [1.165, 1.54) is 244 Å². The zero-order chi connectivity index (χ0) is 50.7. The Balaban J connectivity index is 3.46. The number of amides is 1. The topological polar surface area (TPSA) is 95.9 Å². The Bertz CT molecular complexity index is 1180. The molecule has 410 valence electrons. The molecule has 70 heavy (non-hydrogen) atoms. The van der Waals surface area contributed by atoms with Crippen LogP contribution in [-0.2, 0) is 14.3 Å². The summed E-state index contributed by atoms with van der Waals surface area (Å²) in [5.74, 6) is -0.0745. The van der Waals surface area contributed by atoms with Crippen LogP contribution in [0.5, 0.6) is 0 Å². The van der Waals surface area contributed by atoms with Crippen LogP contribution >= 0.6 is 0 Å². The van der Waals surface area contributed by atoms with Crippen LogP contribution in [-0.4, -0.2) is 47.4 Å². The Labute approximate surface area is 436 Å². The van der Waals surface area contributed by atoms with E-state index < -0.39 is 12.1 Å². The van der Waals surface area contributed by atoms with Gasteiger partial charge >= 0.3 is 5.97 Å². The van der Waals surface area contributed by atoms with Crippen LogP contribution < -0.4 is 5.32 Å². The van der Waals surface area contributed by atoms with E-state index in [1.54, 1.807) is 6.08 Å². The van der Waals surface area contributed by atoms with Crippen molar-refractivity contribution in [2.45, 2.75) is 334 Å². The van der Waals surface area contributed by atoms with Crippen LogP contribution in [0, 0.1) is 0 Å². The van der Waals surface area contributed by atoms with Crippen molar-refractivity contribution in [2.75, 3.05) is 13.2 Å². The second-order valence-corrected chi connectivity index (χ2v) is 21.0. The lowest BCUT2D eigenvalue weighted by molar-refractivity contribution is -0.143. The van der Waals surface area contributed by atoms with Gasteiger partial charge in [0.2, 0.25) is 5.91 Å². The summed E-state index contributed by atoms with van der Waals surface area (Å²) in [6.45, 7) is 4.89. The number of esters is 1. The van der Waals surface area contributed by atoms with Gasteiger partial charge in [-0.15, -0.1) is 0 Å². The Morgan fingerprint density at radius 3 is 1.10 bits per heavy atom. The van der Waals surface area contributed by atoms with E-state index in [1.807, 2.05) is 6.08 Å². The van der Waals surface area contributed by atoms with Crippen LogP contribution in [0.2, 0.25) is 0 Å². The molecule has 0 aromatic carbocycles. The van der Waals surface area contributed by atoms with Crippen LogP contribution in [0.1, 0.15) is 322 Å². The van der Waals surface area contributed by atoms with Crippen LogP contribution in [0.3, 0.4) is 0 Å².